The highest BCUT2D eigenvalue weighted by Gasteiger charge is 2.17. The van der Waals surface area contributed by atoms with Gasteiger partial charge in [0.1, 0.15) is 0 Å². The number of hydrogen-bond donors (Lipinski definition) is 2. The first-order valence-electron chi connectivity index (χ1n) is 5.28. The van der Waals surface area contributed by atoms with Crippen LogP contribution in [0.3, 0.4) is 0 Å². The Morgan fingerprint density at radius 2 is 1.92 bits per heavy atom. The zero-order chi connectivity index (χ0) is 9.68. The van der Waals surface area contributed by atoms with Crippen LogP contribution in [0.4, 0.5) is 0 Å². The highest BCUT2D eigenvalue weighted by Crippen LogP contribution is 2.12. The second-order valence-corrected chi connectivity index (χ2v) is 4.24. The molecular formula is C10H22N2O. The van der Waals surface area contributed by atoms with Crippen LogP contribution in [0.15, 0.2) is 0 Å². The third-order valence-corrected chi connectivity index (χ3v) is 2.88. The number of aliphatic hydroxyl groups excluding tert-OH is 1. The van der Waals surface area contributed by atoms with Gasteiger partial charge in [0.05, 0.1) is 0 Å². The van der Waals surface area contributed by atoms with Crippen LogP contribution in [0, 0.1) is 11.8 Å². The van der Waals surface area contributed by atoms with E-state index in [1.165, 1.54) is 0 Å². The van der Waals surface area contributed by atoms with E-state index in [9.17, 15) is 5.11 Å². The van der Waals surface area contributed by atoms with E-state index in [4.69, 9.17) is 0 Å². The summed E-state index contributed by atoms with van der Waals surface area (Å²) in [6, 6.07) is 0. The molecule has 1 aliphatic rings. The van der Waals surface area contributed by atoms with E-state index in [-0.39, 0.29) is 0 Å². The molecule has 3 nitrogen and oxygen atoms in total. The summed E-state index contributed by atoms with van der Waals surface area (Å²) in [7, 11) is 0. The normalized spacial score (nSPS) is 22.2. The number of nitrogens with one attached hydrogen (secondary N) is 1. The van der Waals surface area contributed by atoms with E-state index in [2.05, 4.69) is 24.1 Å². The van der Waals surface area contributed by atoms with Gasteiger partial charge >= 0.3 is 0 Å². The average molecular weight is 186 g/mol. The zero-order valence-corrected chi connectivity index (χ0v) is 8.79. The van der Waals surface area contributed by atoms with E-state index in [0.29, 0.717) is 18.4 Å². The summed E-state index contributed by atoms with van der Waals surface area (Å²) in [5.41, 5.74) is 0. The van der Waals surface area contributed by atoms with E-state index < -0.39 is 0 Å². The van der Waals surface area contributed by atoms with Crippen LogP contribution in [0.2, 0.25) is 0 Å². The van der Waals surface area contributed by atoms with Gasteiger partial charge in [-0.05, 0) is 11.8 Å². The maximum Gasteiger partial charge on any atom is 0.0473 e. The molecular weight excluding hydrogens is 164 g/mol. The average Bonchev–Trinajstić information content (AvgIpc) is 2.15. The Balaban J connectivity index is 2.27. The second-order valence-electron chi connectivity index (χ2n) is 4.24. The van der Waals surface area contributed by atoms with Crippen LogP contribution >= 0.6 is 0 Å². The van der Waals surface area contributed by atoms with Gasteiger partial charge in [-0.2, -0.15) is 0 Å². The monoisotopic (exact) mass is 186 g/mol. The molecule has 0 bridgehead atoms. The standard InChI is InChI=1S/C10H22N2O/c1-9(2)10(8-13)7-12-5-3-11-4-6-12/h9-11,13H,3-8H2,1-2H3. The first-order valence-corrected chi connectivity index (χ1v) is 5.28. The van der Waals surface area contributed by atoms with Gasteiger partial charge in [0.15, 0.2) is 0 Å². The molecule has 1 aliphatic heterocycles. The Bertz CT molecular complexity index is 133. The molecule has 3 heteroatoms. The highest BCUT2D eigenvalue weighted by atomic mass is 16.3. The molecule has 1 heterocycles. The SMILES string of the molecule is CC(C)C(CO)CN1CCNCC1. The van der Waals surface area contributed by atoms with Crippen molar-refractivity contribution >= 4 is 0 Å². The van der Waals surface area contributed by atoms with Gasteiger partial charge in [0.2, 0.25) is 0 Å². The quantitative estimate of drug-likeness (QED) is 0.656. The van der Waals surface area contributed by atoms with Crippen molar-refractivity contribution in [2.75, 3.05) is 39.3 Å². The largest absolute Gasteiger partial charge is 0.396 e. The predicted molar refractivity (Wildman–Crippen MR) is 54.7 cm³/mol. The van der Waals surface area contributed by atoms with Crippen molar-refractivity contribution < 1.29 is 5.11 Å². The Morgan fingerprint density at radius 3 is 2.38 bits per heavy atom. The third kappa shape index (κ3) is 3.63. The van der Waals surface area contributed by atoms with Gasteiger partial charge in [-0.1, -0.05) is 13.8 Å². The topological polar surface area (TPSA) is 35.5 Å². The molecule has 1 unspecified atom stereocenters. The predicted octanol–water partition coefficient (Wildman–Crippen LogP) is 0.156. The number of rotatable bonds is 4. The summed E-state index contributed by atoms with van der Waals surface area (Å²) >= 11 is 0. The van der Waals surface area contributed by atoms with Crippen LogP contribution < -0.4 is 5.32 Å². The van der Waals surface area contributed by atoms with Crippen molar-refractivity contribution in [3.63, 3.8) is 0 Å². The molecule has 0 spiro atoms. The summed E-state index contributed by atoms with van der Waals surface area (Å²) in [6.45, 7) is 10.2. The second kappa shape index (κ2) is 5.58. The minimum Gasteiger partial charge on any atom is -0.396 e. The number of nitrogens with zero attached hydrogens (tertiary/aromatic N) is 1. The summed E-state index contributed by atoms with van der Waals surface area (Å²) in [5, 5.41) is 12.5. The third-order valence-electron chi connectivity index (χ3n) is 2.88. The van der Waals surface area contributed by atoms with Gasteiger partial charge in [0, 0.05) is 39.3 Å². The van der Waals surface area contributed by atoms with E-state index in [1.54, 1.807) is 0 Å². The lowest BCUT2D eigenvalue weighted by atomic mass is 9.96. The smallest absolute Gasteiger partial charge is 0.0473 e. The van der Waals surface area contributed by atoms with Gasteiger partial charge in [-0.25, -0.2) is 0 Å². The van der Waals surface area contributed by atoms with Crippen LogP contribution in [0.25, 0.3) is 0 Å². The fourth-order valence-corrected chi connectivity index (χ4v) is 1.70. The molecule has 0 aromatic carbocycles. The van der Waals surface area contributed by atoms with E-state index in [0.717, 1.165) is 32.7 Å². The summed E-state index contributed by atoms with van der Waals surface area (Å²) < 4.78 is 0. The van der Waals surface area contributed by atoms with Crippen LogP contribution in [-0.2, 0) is 0 Å². The van der Waals surface area contributed by atoms with Crippen LogP contribution in [-0.4, -0.2) is 49.3 Å². The molecule has 0 aromatic rings. The van der Waals surface area contributed by atoms with Crippen molar-refractivity contribution in [1.82, 2.24) is 10.2 Å². The first-order chi connectivity index (χ1) is 6.24. The van der Waals surface area contributed by atoms with Crippen molar-refractivity contribution in [3.05, 3.63) is 0 Å². The van der Waals surface area contributed by atoms with E-state index >= 15 is 0 Å². The fraction of sp³-hybridized carbons (Fsp3) is 1.00. The molecule has 1 rings (SSSR count). The summed E-state index contributed by atoms with van der Waals surface area (Å²) in [5.74, 6) is 1.03. The molecule has 0 radical (unpaired) electrons. The minimum absolute atomic E-state index is 0.321. The van der Waals surface area contributed by atoms with Gasteiger partial charge in [0.25, 0.3) is 0 Å². The van der Waals surface area contributed by atoms with Crippen molar-refractivity contribution in [2.45, 2.75) is 13.8 Å². The Hall–Kier alpha value is -0.120. The lowest BCUT2D eigenvalue weighted by molar-refractivity contribution is 0.125. The van der Waals surface area contributed by atoms with Gasteiger partial charge < -0.3 is 15.3 Å². The Morgan fingerprint density at radius 1 is 1.31 bits per heavy atom. The van der Waals surface area contributed by atoms with Gasteiger partial charge in [-0.15, -0.1) is 0 Å². The lowest BCUT2D eigenvalue weighted by Gasteiger charge is -2.31. The molecule has 0 amide bonds. The number of piperazine rings is 1. The molecule has 0 aliphatic carbocycles. The molecule has 1 fully saturated rings. The minimum atomic E-state index is 0.321. The van der Waals surface area contributed by atoms with Crippen molar-refractivity contribution in [1.29, 1.82) is 0 Å². The molecule has 2 N–H and O–H groups in total. The molecule has 1 saturated heterocycles. The number of hydrogen-bond acceptors (Lipinski definition) is 3. The van der Waals surface area contributed by atoms with Crippen LogP contribution in [0.1, 0.15) is 13.8 Å². The molecule has 0 aromatic heterocycles. The molecule has 78 valence electrons. The Labute approximate surface area is 81.1 Å². The molecule has 13 heavy (non-hydrogen) atoms. The zero-order valence-electron chi connectivity index (χ0n) is 8.79. The van der Waals surface area contributed by atoms with Gasteiger partial charge in [-0.3, -0.25) is 0 Å². The fourth-order valence-electron chi connectivity index (χ4n) is 1.70. The molecule has 0 saturated carbocycles. The maximum atomic E-state index is 9.18. The molecule has 1 atom stereocenters. The van der Waals surface area contributed by atoms with Crippen molar-refractivity contribution in [2.24, 2.45) is 11.8 Å². The van der Waals surface area contributed by atoms with E-state index in [1.807, 2.05) is 0 Å². The summed E-state index contributed by atoms with van der Waals surface area (Å²) in [6.07, 6.45) is 0. The number of aliphatic hydroxyl groups is 1. The highest BCUT2D eigenvalue weighted by molar-refractivity contribution is 4.72. The van der Waals surface area contributed by atoms with Crippen molar-refractivity contribution in [3.8, 4) is 0 Å². The maximum absolute atomic E-state index is 9.18. The Kier molecular flexibility index (Phi) is 4.70. The van der Waals surface area contributed by atoms with Crippen LogP contribution in [0.5, 0.6) is 0 Å². The summed E-state index contributed by atoms with van der Waals surface area (Å²) in [4.78, 5) is 2.44. The first kappa shape index (κ1) is 11.0. The lowest BCUT2D eigenvalue weighted by Crippen LogP contribution is -2.46.